The first-order chi connectivity index (χ1) is 12.3. The fourth-order valence-electron chi connectivity index (χ4n) is 4.34. The SMILES string of the molecule is O=C(NCC(c1ccccc1)C1CCCC1)C1(Cn2ccnc2)CC1. The Bertz CT molecular complexity index is 685. The normalized spacial score (nSPS) is 20.3. The van der Waals surface area contributed by atoms with Crippen molar-refractivity contribution in [3.63, 3.8) is 0 Å². The van der Waals surface area contributed by atoms with Crippen LogP contribution in [0, 0.1) is 11.3 Å². The predicted octanol–water partition coefficient (Wildman–Crippen LogP) is 3.75. The summed E-state index contributed by atoms with van der Waals surface area (Å²) in [6.07, 6.45) is 12.7. The number of amides is 1. The lowest BCUT2D eigenvalue weighted by Gasteiger charge is -2.26. The molecule has 1 atom stereocenters. The molecule has 1 unspecified atom stereocenters. The smallest absolute Gasteiger partial charge is 0.228 e. The Kier molecular flexibility index (Phi) is 4.60. The fraction of sp³-hybridized carbons (Fsp3) is 0.524. The lowest BCUT2D eigenvalue weighted by Crippen LogP contribution is -2.38. The van der Waals surface area contributed by atoms with Crippen LogP contribution in [-0.4, -0.2) is 22.0 Å². The summed E-state index contributed by atoms with van der Waals surface area (Å²) >= 11 is 0. The van der Waals surface area contributed by atoms with Crippen molar-refractivity contribution in [1.82, 2.24) is 14.9 Å². The molecule has 1 N–H and O–H groups in total. The maximum Gasteiger partial charge on any atom is 0.228 e. The van der Waals surface area contributed by atoms with Gasteiger partial charge in [-0.25, -0.2) is 4.98 Å². The molecular formula is C21H27N3O. The van der Waals surface area contributed by atoms with Crippen LogP contribution in [0.3, 0.4) is 0 Å². The van der Waals surface area contributed by atoms with Gasteiger partial charge in [0.1, 0.15) is 0 Å². The minimum atomic E-state index is -0.211. The van der Waals surface area contributed by atoms with Gasteiger partial charge < -0.3 is 9.88 Å². The Labute approximate surface area is 149 Å². The first kappa shape index (κ1) is 16.4. The number of aromatic nitrogens is 2. The van der Waals surface area contributed by atoms with Gasteiger partial charge in [0.25, 0.3) is 0 Å². The largest absolute Gasteiger partial charge is 0.355 e. The van der Waals surface area contributed by atoms with E-state index in [9.17, 15) is 4.79 Å². The minimum absolute atomic E-state index is 0.211. The van der Waals surface area contributed by atoms with E-state index < -0.39 is 0 Å². The van der Waals surface area contributed by atoms with Gasteiger partial charge in [0, 0.05) is 31.4 Å². The molecule has 0 aliphatic heterocycles. The van der Waals surface area contributed by atoms with Crippen molar-refractivity contribution in [2.45, 2.75) is 51.0 Å². The van der Waals surface area contributed by atoms with Gasteiger partial charge in [0.05, 0.1) is 11.7 Å². The lowest BCUT2D eigenvalue weighted by atomic mass is 9.84. The summed E-state index contributed by atoms with van der Waals surface area (Å²) in [7, 11) is 0. The molecule has 0 radical (unpaired) electrons. The molecule has 0 spiro atoms. The molecule has 2 saturated carbocycles. The molecule has 1 heterocycles. The molecule has 0 bridgehead atoms. The van der Waals surface area contributed by atoms with Gasteiger partial charge in [0.15, 0.2) is 0 Å². The van der Waals surface area contributed by atoms with Gasteiger partial charge >= 0.3 is 0 Å². The maximum atomic E-state index is 12.9. The maximum absolute atomic E-state index is 12.9. The van der Waals surface area contributed by atoms with Crippen LogP contribution in [-0.2, 0) is 11.3 Å². The van der Waals surface area contributed by atoms with Gasteiger partial charge in [-0.2, -0.15) is 0 Å². The summed E-state index contributed by atoms with van der Waals surface area (Å²) in [5.74, 6) is 1.36. The molecule has 4 heteroatoms. The molecule has 25 heavy (non-hydrogen) atoms. The number of benzene rings is 1. The summed E-state index contributed by atoms with van der Waals surface area (Å²) in [6.45, 7) is 1.51. The topological polar surface area (TPSA) is 46.9 Å². The second kappa shape index (κ2) is 7.03. The Balaban J connectivity index is 1.41. The third-order valence-corrected chi connectivity index (χ3v) is 6.06. The Morgan fingerprint density at radius 3 is 2.64 bits per heavy atom. The molecule has 0 saturated heterocycles. The quantitative estimate of drug-likeness (QED) is 0.836. The van der Waals surface area contributed by atoms with Crippen LogP contribution in [0.1, 0.15) is 50.0 Å². The fourth-order valence-corrected chi connectivity index (χ4v) is 4.34. The molecule has 132 valence electrons. The van der Waals surface area contributed by atoms with Crippen LogP contribution in [0.15, 0.2) is 49.1 Å². The van der Waals surface area contributed by atoms with Crippen LogP contribution in [0.5, 0.6) is 0 Å². The third kappa shape index (κ3) is 3.63. The van der Waals surface area contributed by atoms with E-state index in [0.29, 0.717) is 11.8 Å². The molecule has 2 aliphatic rings. The van der Waals surface area contributed by atoms with Gasteiger partial charge in [-0.3, -0.25) is 4.79 Å². The van der Waals surface area contributed by atoms with E-state index in [4.69, 9.17) is 0 Å². The lowest BCUT2D eigenvalue weighted by molar-refractivity contribution is -0.126. The van der Waals surface area contributed by atoms with E-state index in [1.165, 1.54) is 31.2 Å². The first-order valence-electron chi connectivity index (χ1n) is 9.56. The monoisotopic (exact) mass is 337 g/mol. The van der Waals surface area contributed by atoms with Gasteiger partial charge in [-0.05, 0) is 37.2 Å². The number of rotatable bonds is 7. The van der Waals surface area contributed by atoms with Gasteiger partial charge in [-0.1, -0.05) is 43.2 Å². The summed E-state index contributed by atoms with van der Waals surface area (Å²) in [5.41, 5.74) is 1.16. The van der Waals surface area contributed by atoms with E-state index in [1.54, 1.807) is 12.5 Å². The van der Waals surface area contributed by atoms with Crippen molar-refractivity contribution in [3.8, 4) is 0 Å². The number of imidazole rings is 1. The summed E-state index contributed by atoms with van der Waals surface area (Å²) in [4.78, 5) is 17.0. The highest BCUT2D eigenvalue weighted by atomic mass is 16.2. The molecule has 1 aromatic heterocycles. The number of hydrogen-bond donors (Lipinski definition) is 1. The molecule has 2 aromatic rings. The second-order valence-electron chi connectivity index (χ2n) is 7.79. The molecule has 2 fully saturated rings. The number of carbonyl (C=O) groups excluding carboxylic acids is 1. The van der Waals surface area contributed by atoms with E-state index in [-0.39, 0.29) is 11.3 Å². The average Bonchev–Trinajstić information content (AvgIpc) is 3.04. The third-order valence-electron chi connectivity index (χ3n) is 6.06. The van der Waals surface area contributed by atoms with Crippen LogP contribution >= 0.6 is 0 Å². The van der Waals surface area contributed by atoms with Crippen molar-refractivity contribution in [3.05, 3.63) is 54.6 Å². The standard InChI is InChI=1S/C21H27N3O/c25-20(21(10-11-21)15-24-13-12-22-16-24)23-14-19(18-8-4-5-9-18)17-6-2-1-3-7-17/h1-3,6-7,12-13,16,18-19H,4-5,8-11,14-15H2,(H,23,25). The highest BCUT2D eigenvalue weighted by Gasteiger charge is 2.50. The Morgan fingerprint density at radius 2 is 2.00 bits per heavy atom. The van der Waals surface area contributed by atoms with Crippen molar-refractivity contribution in [2.24, 2.45) is 11.3 Å². The van der Waals surface area contributed by atoms with Crippen molar-refractivity contribution >= 4 is 5.91 Å². The molecule has 2 aliphatic carbocycles. The van der Waals surface area contributed by atoms with Crippen molar-refractivity contribution < 1.29 is 4.79 Å². The van der Waals surface area contributed by atoms with E-state index in [2.05, 4.69) is 40.6 Å². The Hall–Kier alpha value is -2.10. The Morgan fingerprint density at radius 1 is 1.24 bits per heavy atom. The zero-order valence-corrected chi connectivity index (χ0v) is 14.7. The van der Waals surface area contributed by atoms with Crippen LogP contribution in [0.4, 0.5) is 0 Å². The van der Waals surface area contributed by atoms with Gasteiger partial charge in [0.2, 0.25) is 5.91 Å². The zero-order valence-electron chi connectivity index (χ0n) is 14.7. The predicted molar refractivity (Wildman–Crippen MR) is 98.0 cm³/mol. The van der Waals surface area contributed by atoms with E-state index in [1.807, 2.05) is 10.8 Å². The van der Waals surface area contributed by atoms with E-state index in [0.717, 1.165) is 25.9 Å². The molecule has 1 aromatic carbocycles. The summed E-state index contributed by atoms with van der Waals surface area (Å²) < 4.78 is 2.03. The summed E-state index contributed by atoms with van der Waals surface area (Å²) in [5, 5.41) is 3.30. The van der Waals surface area contributed by atoms with Crippen molar-refractivity contribution in [1.29, 1.82) is 0 Å². The van der Waals surface area contributed by atoms with E-state index >= 15 is 0 Å². The average molecular weight is 337 g/mol. The minimum Gasteiger partial charge on any atom is -0.355 e. The van der Waals surface area contributed by atoms with Crippen LogP contribution < -0.4 is 5.32 Å². The second-order valence-corrected chi connectivity index (χ2v) is 7.79. The number of hydrogen-bond acceptors (Lipinski definition) is 2. The highest BCUT2D eigenvalue weighted by Crippen LogP contribution is 2.47. The van der Waals surface area contributed by atoms with Crippen LogP contribution in [0.2, 0.25) is 0 Å². The van der Waals surface area contributed by atoms with Crippen molar-refractivity contribution in [2.75, 3.05) is 6.54 Å². The zero-order chi connectivity index (χ0) is 17.1. The number of nitrogens with zero attached hydrogens (tertiary/aromatic N) is 2. The molecular weight excluding hydrogens is 310 g/mol. The molecule has 4 rings (SSSR count). The molecule has 4 nitrogen and oxygen atoms in total. The first-order valence-corrected chi connectivity index (χ1v) is 9.56. The number of carbonyl (C=O) groups is 1. The molecule has 1 amide bonds. The van der Waals surface area contributed by atoms with Gasteiger partial charge in [-0.15, -0.1) is 0 Å². The summed E-state index contributed by atoms with van der Waals surface area (Å²) in [6, 6.07) is 10.7. The highest BCUT2D eigenvalue weighted by molar-refractivity contribution is 5.85. The number of nitrogens with one attached hydrogen (secondary N) is 1. The van der Waals surface area contributed by atoms with Crippen LogP contribution in [0.25, 0.3) is 0 Å².